The third-order valence-corrected chi connectivity index (χ3v) is 4.17. The Bertz CT molecular complexity index is 378. The summed E-state index contributed by atoms with van der Waals surface area (Å²) in [6, 6.07) is 7.94. The summed E-state index contributed by atoms with van der Waals surface area (Å²) in [6.45, 7) is 1.72. The standard InChI is InChI=1S/C15H22ClNO2/c16-13-6-4-12(5-7-13)15(19)8-9-17(10-11-18)14-2-1-3-14/h4-7,14-15,18-19H,1-3,8-11H2. The number of hydrogen-bond acceptors (Lipinski definition) is 3. The largest absolute Gasteiger partial charge is 0.395 e. The third kappa shape index (κ3) is 4.18. The summed E-state index contributed by atoms with van der Waals surface area (Å²) in [5.41, 5.74) is 0.905. The Hall–Kier alpha value is -0.610. The van der Waals surface area contributed by atoms with Crippen LogP contribution in [0.15, 0.2) is 24.3 Å². The first-order valence-corrected chi connectivity index (χ1v) is 7.37. The molecular weight excluding hydrogens is 262 g/mol. The number of aliphatic hydroxyl groups is 2. The van der Waals surface area contributed by atoms with E-state index in [4.69, 9.17) is 16.7 Å². The van der Waals surface area contributed by atoms with E-state index in [9.17, 15) is 5.11 Å². The minimum atomic E-state index is -0.460. The molecule has 1 aromatic carbocycles. The average molecular weight is 284 g/mol. The highest BCUT2D eigenvalue weighted by Crippen LogP contribution is 2.26. The lowest BCUT2D eigenvalue weighted by Gasteiger charge is -2.37. The van der Waals surface area contributed by atoms with Gasteiger partial charge in [0.1, 0.15) is 0 Å². The number of benzene rings is 1. The van der Waals surface area contributed by atoms with Crippen LogP contribution in [0.2, 0.25) is 5.02 Å². The smallest absolute Gasteiger partial charge is 0.0802 e. The van der Waals surface area contributed by atoms with E-state index in [0.29, 0.717) is 24.0 Å². The maximum absolute atomic E-state index is 10.2. The Morgan fingerprint density at radius 1 is 1.21 bits per heavy atom. The molecule has 19 heavy (non-hydrogen) atoms. The van der Waals surface area contributed by atoms with Crippen molar-refractivity contribution >= 4 is 11.6 Å². The SMILES string of the molecule is OCCN(CCC(O)c1ccc(Cl)cc1)C1CCC1. The molecule has 0 radical (unpaired) electrons. The van der Waals surface area contributed by atoms with Gasteiger partial charge < -0.3 is 10.2 Å². The van der Waals surface area contributed by atoms with Gasteiger partial charge in [-0.2, -0.15) is 0 Å². The van der Waals surface area contributed by atoms with E-state index in [1.54, 1.807) is 12.1 Å². The van der Waals surface area contributed by atoms with Gasteiger partial charge in [0.05, 0.1) is 12.7 Å². The number of rotatable bonds is 7. The molecule has 106 valence electrons. The van der Waals surface area contributed by atoms with Crippen LogP contribution in [0, 0.1) is 0 Å². The van der Waals surface area contributed by atoms with Gasteiger partial charge in [0.2, 0.25) is 0 Å². The molecular formula is C15H22ClNO2. The molecule has 1 atom stereocenters. The van der Waals surface area contributed by atoms with Gasteiger partial charge in [-0.25, -0.2) is 0 Å². The van der Waals surface area contributed by atoms with Crippen LogP contribution >= 0.6 is 11.6 Å². The zero-order valence-electron chi connectivity index (χ0n) is 11.1. The van der Waals surface area contributed by atoms with E-state index in [-0.39, 0.29) is 6.61 Å². The maximum atomic E-state index is 10.2. The zero-order valence-corrected chi connectivity index (χ0v) is 11.9. The van der Waals surface area contributed by atoms with E-state index < -0.39 is 6.10 Å². The predicted octanol–water partition coefficient (Wildman–Crippen LogP) is 2.61. The molecule has 1 unspecified atom stereocenters. The van der Waals surface area contributed by atoms with E-state index in [1.165, 1.54) is 19.3 Å². The van der Waals surface area contributed by atoms with Crippen molar-refractivity contribution in [3.05, 3.63) is 34.9 Å². The first kappa shape index (κ1) is 14.8. The van der Waals surface area contributed by atoms with Gasteiger partial charge in [-0.3, -0.25) is 4.90 Å². The fourth-order valence-electron chi connectivity index (χ4n) is 2.50. The van der Waals surface area contributed by atoms with E-state index in [0.717, 1.165) is 12.1 Å². The molecule has 0 heterocycles. The molecule has 0 amide bonds. The molecule has 1 aliphatic rings. The highest BCUT2D eigenvalue weighted by atomic mass is 35.5. The van der Waals surface area contributed by atoms with Gasteiger partial charge in [-0.15, -0.1) is 0 Å². The van der Waals surface area contributed by atoms with Crippen LogP contribution in [0.4, 0.5) is 0 Å². The fourth-order valence-corrected chi connectivity index (χ4v) is 2.62. The summed E-state index contributed by atoms with van der Waals surface area (Å²) in [4.78, 5) is 2.29. The van der Waals surface area contributed by atoms with Crippen LogP contribution in [0.5, 0.6) is 0 Å². The Labute approximate surface area is 119 Å². The molecule has 2 N–H and O–H groups in total. The number of aliphatic hydroxyl groups excluding tert-OH is 2. The van der Waals surface area contributed by atoms with Crippen LogP contribution in [0.3, 0.4) is 0 Å². The van der Waals surface area contributed by atoms with Crippen molar-refractivity contribution in [2.45, 2.75) is 37.8 Å². The molecule has 0 saturated heterocycles. The zero-order chi connectivity index (χ0) is 13.7. The topological polar surface area (TPSA) is 43.7 Å². The lowest BCUT2D eigenvalue weighted by atomic mass is 9.91. The number of halogens is 1. The molecule has 1 saturated carbocycles. The second-order valence-electron chi connectivity index (χ2n) is 5.20. The van der Waals surface area contributed by atoms with Gasteiger partial charge in [-0.1, -0.05) is 30.2 Å². The monoisotopic (exact) mass is 283 g/mol. The Kier molecular flexibility index (Phi) is 5.64. The van der Waals surface area contributed by atoms with E-state index in [2.05, 4.69) is 4.90 Å². The molecule has 1 aliphatic carbocycles. The van der Waals surface area contributed by atoms with Gasteiger partial charge in [0, 0.05) is 24.2 Å². The summed E-state index contributed by atoms with van der Waals surface area (Å²) < 4.78 is 0. The van der Waals surface area contributed by atoms with Crippen molar-refractivity contribution < 1.29 is 10.2 Å². The van der Waals surface area contributed by atoms with Gasteiger partial charge in [0.15, 0.2) is 0 Å². The van der Waals surface area contributed by atoms with Gasteiger partial charge in [-0.05, 0) is 37.0 Å². The fraction of sp³-hybridized carbons (Fsp3) is 0.600. The minimum absolute atomic E-state index is 0.188. The Balaban J connectivity index is 1.83. The van der Waals surface area contributed by atoms with Crippen molar-refractivity contribution in [3.8, 4) is 0 Å². The number of hydrogen-bond donors (Lipinski definition) is 2. The van der Waals surface area contributed by atoms with Crippen molar-refractivity contribution in [1.82, 2.24) is 4.90 Å². The first-order valence-electron chi connectivity index (χ1n) is 6.99. The van der Waals surface area contributed by atoms with Crippen LogP contribution in [0.1, 0.15) is 37.4 Å². The van der Waals surface area contributed by atoms with Crippen LogP contribution in [-0.2, 0) is 0 Å². The quantitative estimate of drug-likeness (QED) is 0.808. The summed E-state index contributed by atoms with van der Waals surface area (Å²) in [6.07, 6.45) is 3.96. The second kappa shape index (κ2) is 7.25. The average Bonchev–Trinajstić information content (AvgIpc) is 2.34. The van der Waals surface area contributed by atoms with Crippen molar-refractivity contribution in [1.29, 1.82) is 0 Å². The van der Waals surface area contributed by atoms with E-state index >= 15 is 0 Å². The molecule has 1 aromatic rings. The lowest BCUT2D eigenvalue weighted by molar-refractivity contribution is 0.0765. The Morgan fingerprint density at radius 3 is 2.42 bits per heavy atom. The molecule has 2 rings (SSSR count). The predicted molar refractivity (Wildman–Crippen MR) is 77.3 cm³/mol. The molecule has 1 fully saturated rings. The maximum Gasteiger partial charge on any atom is 0.0802 e. The van der Waals surface area contributed by atoms with Crippen molar-refractivity contribution in [3.63, 3.8) is 0 Å². The minimum Gasteiger partial charge on any atom is -0.395 e. The number of nitrogens with zero attached hydrogens (tertiary/aromatic N) is 1. The second-order valence-corrected chi connectivity index (χ2v) is 5.64. The van der Waals surface area contributed by atoms with Crippen LogP contribution in [0.25, 0.3) is 0 Å². The molecule has 0 aliphatic heterocycles. The van der Waals surface area contributed by atoms with Crippen LogP contribution in [-0.4, -0.2) is 40.9 Å². The summed E-state index contributed by atoms with van der Waals surface area (Å²) in [5, 5.41) is 20.0. The molecule has 4 heteroatoms. The normalized spacial score (nSPS) is 17.5. The van der Waals surface area contributed by atoms with Crippen molar-refractivity contribution in [2.24, 2.45) is 0 Å². The lowest BCUT2D eigenvalue weighted by Crippen LogP contribution is -2.42. The highest BCUT2D eigenvalue weighted by molar-refractivity contribution is 6.30. The highest BCUT2D eigenvalue weighted by Gasteiger charge is 2.24. The van der Waals surface area contributed by atoms with Crippen molar-refractivity contribution in [2.75, 3.05) is 19.7 Å². The molecule has 3 nitrogen and oxygen atoms in total. The van der Waals surface area contributed by atoms with E-state index in [1.807, 2.05) is 12.1 Å². The molecule has 0 bridgehead atoms. The van der Waals surface area contributed by atoms with Gasteiger partial charge in [0.25, 0.3) is 0 Å². The van der Waals surface area contributed by atoms with Gasteiger partial charge >= 0.3 is 0 Å². The third-order valence-electron chi connectivity index (χ3n) is 3.92. The first-order chi connectivity index (χ1) is 9.20. The Morgan fingerprint density at radius 2 is 1.89 bits per heavy atom. The summed E-state index contributed by atoms with van der Waals surface area (Å²) in [5.74, 6) is 0. The molecule has 0 aromatic heterocycles. The summed E-state index contributed by atoms with van der Waals surface area (Å²) >= 11 is 5.84. The van der Waals surface area contributed by atoms with Crippen LogP contribution < -0.4 is 0 Å². The summed E-state index contributed by atoms with van der Waals surface area (Å²) in [7, 11) is 0. The molecule has 0 spiro atoms.